The molecular weight excluding hydrogens is 269 g/mol. The van der Waals surface area contributed by atoms with Crippen molar-refractivity contribution in [1.29, 1.82) is 0 Å². The fourth-order valence-electron chi connectivity index (χ4n) is 1.78. The van der Waals surface area contributed by atoms with Gasteiger partial charge in [0.2, 0.25) is 0 Å². The van der Waals surface area contributed by atoms with Gasteiger partial charge >= 0.3 is 0 Å². The lowest BCUT2D eigenvalue weighted by Crippen LogP contribution is -2.06. The Morgan fingerprint density at radius 1 is 1.15 bits per heavy atom. The van der Waals surface area contributed by atoms with Crippen LogP contribution in [0, 0.1) is 24.4 Å². The van der Waals surface area contributed by atoms with Crippen molar-refractivity contribution in [3.05, 3.63) is 53.1 Å². The molecule has 3 nitrogen and oxygen atoms in total. The second kappa shape index (κ2) is 5.81. The lowest BCUT2D eigenvalue weighted by molar-refractivity contribution is 0.413. The van der Waals surface area contributed by atoms with Crippen LogP contribution in [0.25, 0.3) is 0 Å². The number of benzene rings is 1. The molecule has 0 fully saturated rings. The number of hydrogen-bond donors (Lipinski definition) is 1. The quantitative estimate of drug-likeness (QED) is 0.872. The highest BCUT2D eigenvalue weighted by Crippen LogP contribution is 2.20. The van der Waals surface area contributed by atoms with Gasteiger partial charge in [0.1, 0.15) is 11.6 Å². The first-order valence-electron chi connectivity index (χ1n) is 5.89. The molecule has 1 aromatic carbocycles. The number of pyridine rings is 1. The van der Waals surface area contributed by atoms with Crippen molar-refractivity contribution in [3.8, 4) is 5.75 Å². The molecule has 0 atom stereocenters. The molecule has 1 heterocycles. The SMILES string of the molecule is COc1cc(C)nc(CNc2cc(F)cc(F)c2F)c1. The molecule has 20 heavy (non-hydrogen) atoms. The van der Waals surface area contributed by atoms with Crippen LogP contribution in [-0.4, -0.2) is 12.1 Å². The second-order valence-electron chi connectivity index (χ2n) is 4.24. The number of halogens is 3. The number of methoxy groups -OCH3 is 1. The number of ether oxygens (including phenoxy) is 1. The number of aromatic nitrogens is 1. The van der Waals surface area contributed by atoms with E-state index in [-0.39, 0.29) is 12.2 Å². The Kier molecular flexibility index (Phi) is 4.12. The predicted octanol–water partition coefficient (Wildman–Crippen LogP) is 3.43. The topological polar surface area (TPSA) is 34.1 Å². The summed E-state index contributed by atoms with van der Waals surface area (Å²) >= 11 is 0. The van der Waals surface area contributed by atoms with Crippen LogP contribution in [0.15, 0.2) is 24.3 Å². The van der Waals surface area contributed by atoms with Crippen molar-refractivity contribution >= 4 is 5.69 Å². The minimum Gasteiger partial charge on any atom is -0.497 e. The maximum atomic E-state index is 13.5. The van der Waals surface area contributed by atoms with E-state index in [0.717, 1.165) is 11.8 Å². The molecule has 0 spiro atoms. The molecule has 0 amide bonds. The second-order valence-corrected chi connectivity index (χ2v) is 4.24. The summed E-state index contributed by atoms with van der Waals surface area (Å²) in [5.74, 6) is -2.59. The highest BCUT2D eigenvalue weighted by atomic mass is 19.2. The van der Waals surface area contributed by atoms with E-state index in [1.165, 1.54) is 7.11 Å². The van der Waals surface area contributed by atoms with Crippen LogP contribution < -0.4 is 10.1 Å². The van der Waals surface area contributed by atoms with Gasteiger partial charge < -0.3 is 10.1 Å². The van der Waals surface area contributed by atoms with Crippen LogP contribution in [0.5, 0.6) is 5.75 Å². The molecule has 0 bridgehead atoms. The van der Waals surface area contributed by atoms with E-state index in [0.29, 0.717) is 17.5 Å². The van der Waals surface area contributed by atoms with Gasteiger partial charge in [0.05, 0.1) is 25.0 Å². The molecule has 0 aliphatic heterocycles. The summed E-state index contributed by atoms with van der Waals surface area (Å²) in [4.78, 5) is 4.22. The zero-order chi connectivity index (χ0) is 14.7. The van der Waals surface area contributed by atoms with Crippen LogP contribution in [0.3, 0.4) is 0 Å². The van der Waals surface area contributed by atoms with Gasteiger partial charge in [-0.15, -0.1) is 0 Å². The highest BCUT2D eigenvalue weighted by Gasteiger charge is 2.11. The molecule has 0 aliphatic carbocycles. The first-order chi connectivity index (χ1) is 9.49. The molecule has 6 heteroatoms. The number of nitrogens with zero attached hydrogens (tertiary/aromatic N) is 1. The molecule has 0 radical (unpaired) electrons. The predicted molar refractivity (Wildman–Crippen MR) is 69.2 cm³/mol. The highest BCUT2D eigenvalue weighted by molar-refractivity contribution is 5.46. The Morgan fingerprint density at radius 2 is 1.90 bits per heavy atom. The summed E-state index contributed by atoms with van der Waals surface area (Å²) in [5.41, 5.74) is 1.06. The Labute approximate surface area is 114 Å². The summed E-state index contributed by atoms with van der Waals surface area (Å²) in [6, 6.07) is 4.79. The molecule has 2 aromatic rings. The van der Waals surface area contributed by atoms with Crippen molar-refractivity contribution in [1.82, 2.24) is 4.98 Å². The van der Waals surface area contributed by atoms with Crippen molar-refractivity contribution in [3.63, 3.8) is 0 Å². The Morgan fingerprint density at radius 3 is 2.60 bits per heavy atom. The third kappa shape index (κ3) is 3.20. The number of anilines is 1. The fourth-order valence-corrected chi connectivity index (χ4v) is 1.78. The smallest absolute Gasteiger partial charge is 0.182 e. The van der Waals surface area contributed by atoms with E-state index in [4.69, 9.17) is 4.74 Å². The zero-order valence-corrected chi connectivity index (χ0v) is 11.0. The molecule has 0 saturated heterocycles. The Bertz CT molecular complexity index is 632. The molecule has 1 N–H and O–H groups in total. The van der Waals surface area contributed by atoms with Gasteiger partial charge in [0.15, 0.2) is 11.6 Å². The molecular formula is C14H13F3N2O. The van der Waals surface area contributed by atoms with E-state index < -0.39 is 17.5 Å². The van der Waals surface area contributed by atoms with Crippen LogP contribution in [0.2, 0.25) is 0 Å². The average Bonchev–Trinajstić information content (AvgIpc) is 2.40. The molecule has 106 valence electrons. The van der Waals surface area contributed by atoms with E-state index in [2.05, 4.69) is 10.3 Å². The summed E-state index contributed by atoms with van der Waals surface area (Å²) in [6.45, 7) is 1.91. The van der Waals surface area contributed by atoms with Crippen molar-refractivity contribution in [2.24, 2.45) is 0 Å². The minimum absolute atomic E-state index is 0.123. The molecule has 0 unspecified atom stereocenters. The van der Waals surface area contributed by atoms with Crippen LogP contribution in [0.1, 0.15) is 11.4 Å². The van der Waals surface area contributed by atoms with Gasteiger partial charge in [-0.05, 0) is 6.92 Å². The van der Waals surface area contributed by atoms with Crippen molar-refractivity contribution in [2.75, 3.05) is 12.4 Å². The third-order valence-electron chi connectivity index (χ3n) is 2.67. The summed E-state index contributed by atoms with van der Waals surface area (Å²) in [5, 5.41) is 2.62. The van der Waals surface area contributed by atoms with Gasteiger partial charge in [-0.25, -0.2) is 13.2 Å². The third-order valence-corrected chi connectivity index (χ3v) is 2.67. The lowest BCUT2D eigenvalue weighted by Gasteiger charge is -2.10. The normalized spacial score (nSPS) is 10.4. The molecule has 2 rings (SSSR count). The number of nitrogens with one attached hydrogen (secondary N) is 1. The average molecular weight is 282 g/mol. The van der Waals surface area contributed by atoms with Gasteiger partial charge in [-0.2, -0.15) is 0 Å². The Hall–Kier alpha value is -2.24. The largest absolute Gasteiger partial charge is 0.497 e. The molecule has 0 saturated carbocycles. The number of aryl methyl sites for hydroxylation is 1. The maximum absolute atomic E-state index is 13.5. The minimum atomic E-state index is -1.23. The first kappa shape index (κ1) is 14.2. The summed E-state index contributed by atoms with van der Waals surface area (Å²) < 4.78 is 44.6. The van der Waals surface area contributed by atoms with Gasteiger partial charge in [0.25, 0.3) is 0 Å². The first-order valence-corrected chi connectivity index (χ1v) is 5.89. The van der Waals surface area contributed by atoms with Gasteiger partial charge in [0, 0.05) is 30.0 Å². The molecule has 1 aromatic heterocycles. The van der Waals surface area contributed by atoms with Crippen LogP contribution in [-0.2, 0) is 6.54 Å². The number of hydrogen-bond acceptors (Lipinski definition) is 3. The summed E-state index contributed by atoms with van der Waals surface area (Å²) in [6.07, 6.45) is 0. The Balaban J connectivity index is 2.19. The van der Waals surface area contributed by atoms with E-state index >= 15 is 0 Å². The van der Waals surface area contributed by atoms with Gasteiger partial charge in [-0.1, -0.05) is 0 Å². The van der Waals surface area contributed by atoms with E-state index in [1.807, 2.05) is 0 Å². The van der Waals surface area contributed by atoms with E-state index in [1.54, 1.807) is 19.1 Å². The number of rotatable bonds is 4. The monoisotopic (exact) mass is 282 g/mol. The van der Waals surface area contributed by atoms with Crippen molar-refractivity contribution < 1.29 is 17.9 Å². The van der Waals surface area contributed by atoms with Crippen molar-refractivity contribution in [2.45, 2.75) is 13.5 Å². The van der Waals surface area contributed by atoms with E-state index in [9.17, 15) is 13.2 Å². The summed E-state index contributed by atoms with van der Waals surface area (Å²) in [7, 11) is 1.52. The van der Waals surface area contributed by atoms with Gasteiger partial charge in [-0.3, -0.25) is 4.98 Å². The van der Waals surface area contributed by atoms with Crippen LogP contribution >= 0.6 is 0 Å². The lowest BCUT2D eigenvalue weighted by atomic mass is 10.2. The molecule has 0 aliphatic rings. The maximum Gasteiger partial charge on any atom is 0.182 e. The van der Waals surface area contributed by atoms with Crippen LogP contribution in [0.4, 0.5) is 18.9 Å². The standard InChI is InChI=1S/C14H13F3N2O/c1-8-3-11(20-2)6-10(19-8)7-18-13-5-9(15)4-12(16)14(13)17/h3-6,18H,7H2,1-2H3. The fraction of sp³-hybridized carbons (Fsp3) is 0.214. The zero-order valence-electron chi connectivity index (χ0n) is 11.0.